The number of phenolic OH excluding ortho intramolecular Hbond substituents is 2. The molecule has 0 aromatic heterocycles. The number of fused-ring (bicyclic) bond motifs is 6. The maximum absolute atomic E-state index is 13.2. The van der Waals surface area contributed by atoms with E-state index in [0.717, 1.165) is 25.7 Å². The van der Waals surface area contributed by atoms with Crippen LogP contribution in [0.5, 0.6) is 23.0 Å². The lowest BCUT2D eigenvalue weighted by Gasteiger charge is -2.36. The number of phenols is 2. The molecule has 0 aliphatic carbocycles. The largest absolute Gasteiger partial charge is 0.508 e. The molecule has 0 fully saturated rings. The number of carbonyl (C=O) groups is 1. The first kappa shape index (κ1) is 23.9. The lowest BCUT2D eigenvalue weighted by Crippen LogP contribution is -2.43. The molecule has 6 N–H and O–H groups in total. The Kier molecular flexibility index (Phi) is 6.19. The minimum absolute atomic E-state index is 0.00510. The van der Waals surface area contributed by atoms with Crippen LogP contribution in [0.3, 0.4) is 0 Å². The molecule has 5 rings (SSSR count). The van der Waals surface area contributed by atoms with Crippen molar-refractivity contribution < 1.29 is 24.5 Å². The molecule has 3 aromatic carbocycles. The Bertz CT molecular complexity index is 1310. The summed E-state index contributed by atoms with van der Waals surface area (Å²) in [5.41, 5.74) is 7.58. The van der Waals surface area contributed by atoms with Crippen LogP contribution in [0.2, 0.25) is 0 Å². The molecular weight excluding hydrogens is 478 g/mol. The van der Waals surface area contributed by atoms with Crippen molar-refractivity contribution in [1.29, 1.82) is 0 Å². The molecule has 0 bridgehead atoms. The Balaban J connectivity index is 1.49. The number of nitrogens with one attached hydrogen (secondary N) is 2. The van der Waals surface area contributed by atoms with Gasteiger partial charge in [0.15, 0.2) is 10.7 Å². The predicted molar refractivity (Wildman–Crippen MR) is 140 cm³/mol. The van der Waals surface area contributed by atoms with E-state index in [1.165, 1.54) is 24.3 Å². The van der Waals surface area contributed by atoms with Crippen molar-refractivity contribution in [2.45, 2.75) is 44.4 Å². The molecule has 36 heavy (non-hydrogen) atoms. The fourth-order valence-electron chi connectivity index (χ4n) is 4.81. The van der Waals surface area contributed by atoms with E-state index in [9.17, 15) is 15.0 Å². The summed E-state index contributed by atoms with van der Waals surface area (Å²) in [5, 5.41) is 26.6. The number of ether oxygens (including phenoxy) is 2. The summed E-state index contributed by atoms with van der Waals surface area (Å²) < 4.78 is 12.1. The van der Waals surface area contributed by atoms with E-state index in [4.69, 9.17) is 27.4 Å². The molecule has 2 heterocycles. The standard InChI is InChI=1S/C27H27N3O5S/c1-2-3-4-5-24(28)30-26(36)29-15-6-9-19-18(12-15)25(33)35-27(19)20-10-7-16(31)13-22(20)34-23-14-17(32)8-11-21(23)27/h6-14,24,31-32H,2-5,28H2,1H3,(H2,29,30,36). The fraction of sp³-hybridized carbons (Fsp3) is 0.259. The van der Waals surface area contributed by atoms with Gasteiger partial charge in [0, 0.05) is 34.5 Å². The number of unbranched alkanes of at least 4 members (excludes halogenated alkanes) is 2. The molecule has 2 aliphatic rings. The number of nitrogens with two attached hydrogens (primary N) is 1. The number of aromatic hydroxyl groups is 2. The van der Waals surface area contributed by atoms with Crippen molar-refractivity contribution in [2.75, 3.05) is 5.32 Å². The van der Waals surface area contributed by atoms with E-state index in [2.05, 4.69) is 17.6 Å². The number of hydrogen-bond donors (Lipinski definition) is 5. The maximum Gasteiger partial charge on any atom is 0.340 e. The molecule has 186 valence electrons. The van der Waals surface area contributed by atoms with Gasteiger partial charge >= 0.3 is 5.97 Å². The van der Waals surface area contributed by atoms with Crippen LogP contribution in [-0.4, -0.2) is 27.5 Å². The van der Waals surface area contributed by atoms with Crippen LogP contribution < -0.4 is 21.1 Å². The molecule has 1 atom stereocenters. The highest BCUT2D eigenvalue weighted by molar-refractivity contribution is 7.80. The summed E-state index contributed by atoms with van der Waals surface area (Å²) in [6.45, 7) is 2.14. The van der Waals surface area contributed by atoms with Gasteiger partial charge in [-0.25, -0.2) is 4.79 Å². The van der Waals surface area contributed by atoms with Gasteiger partial charge in [-0.05, 0) is 55.0 Å². The molecule has 9 heteroatoms. The van der Waals surface area contributed by atoms with E-state index in [0.29, 0.717) is 44.6 Å². The van der Waals surface area contributed by atoms with Crippen molar-refractivity contribution >= 4 is 29.0 Å². The molecule has 8 nitrogen and oxygen atoms in total. The Morgan fingerprint density at radius 3 is 2.28 bits per heavy atom. The van der Waals surface area contributed by atoms with Crippen LogP contribution >= 0.6 is 12.2 Å². The van der Waals surface area contributed by atoms with E-state index in [-0.39, 0.29) is 17.7 Å². The zero-order valence-electron chi connectivity index (χ0n) is 19.7. The number of benzene rings is 3. The Labute approximate surface area is 214 Å². The zero-order chi connectivity index (χ0) is 25.4. The molecule has 3 aromatic rings. The number of hydrogen-bond acceptors (Lipinski definition) is 7. The van der Waals surface area contributed by atoms with Crippen LogP contribution in [-0.2, 0) is 10.3 Å². The molecule has 0 saturated heterocycles. The summed E-state index contributed by atoms with van der Waals surface area (Å²) in [6.07, 6.45) is 3.79. The summed E-state index contributed by atoms with van der Waals surface area (Å²) in [5.74, 6) is 0.163. The van der Waals surface area contributed by atoms with E-state index < -0.39 is 11.6 Å². The summed E-state index contributed by atoms with van der Waals surface area (Å²) in [6, 6.07) is 14.6. The van der Waals surface area contributed by atoms with Gasteiger partial charge in [0.1, 0.15) is 23.0 Å². The molecule has 0 radical (unpaired) electrons. The van der Waals surface area contributed by atoms with Crippen LogP contribution in [0, 0.1) is 0 Å². The highest BCUT2D eigenvalue weighted by atomic mass is 32.1. The first-order valence-corrected chi connectivity index (χ1v) is 12.3. The van der Waals surface area contributed by atoms with Crippen LogP contribution in [0.1, 0.15) is 59.7 Å². The number of carbonyl (C=O) groups excluding carboxylic acids is 1. The third-order valence-electron chi connectivity index (χ3n) is 6.47. The lowest BCUT2D eigenvalue weighted by molar-refractivity contribution is 0.0224. The SMILES string of the molecule is CCCCCC(N)NC(=S)Nc1ccc2c(c1)C(=O)OC21c2ccc(O)cc2Oc2cc(O)ccc21. The van der Waals surface area contributed by atoms with E-state index in [1.807, 2.05) is 12.1 Å². The van der Waals surface area contributed by atoms with Crippen molar-refractivity contribution in [3.63, 3.8) is 0 Å². The maximum atomic E-state index is 13.2. The first-order valence-electron chi connectivity index (χ1n) is 11.9. The molecule has 0 saturated carbocycles. The van der Waals surface area contributed by atoms with Gasteiger partial charge in [0.05, 0.1) is 11.7 Å². The smallest absolute Gasteiger partial charge is 0.340 e. The third kappa shape index (κ3) is 4.10. The second kappa shape index (κ2) is 9.33. The number of anilines is 1. The Hall–Kier alpha value is -3.82. The minimum atomic E-state index is -1.30. The van der Waals surface area contributed by atoms with Gasteiger partial charge in [-0.15, -0.1) is 0 Å². The minimum Gasteiger partial charge on any atom is -0.508 e. The van der Waals surface area contributed by atoms with Crippen molar-refractivity contribution in [2.24, 2.45) is 5.73 Å². The van der Waals surface area contributed by atoms with Gasteiger partial charge in [-0.3, -0.25) is 0 Å². The third-order valence-corrected chi connectivity index (χ3v) is 6.69. The average molecular weight is 506 g/mol. The second-order valence-corrected chi connectivity index (χ2v) is 9.40. The summed E-state index contributed by atoms with van der Waals surface area (Å²) in [4.78, 5) is 13.2. The van der Waals surface area contributed by atoms with E-state index in [1.54, 1.807) is 18.2 Å². The monoisotopic (exact) mass is 505 g/mol. The first-order chi connectivity index (χ1) is 17.3. The Morgan fingerprint density at radius 2 is 1.64 bits per heavy atom. The van der Waals surface area contributed by atoms with E-state index >= 15 is 0 Å². The summed E-state index contributed by atoms with van der Waals surface area (Å²) >= 11 is 5.41. The number of esters is 1. The second-order valence-electron chi connectivity index (χ2n) is 8.99. The Morgan fingerprint density at radius 1 is 1.00 bits per heavy atom. The zero-order valence-corrected chi connectivity index (χ0v) is 20.5. The van der Waals surface area contributed by atoms with Gasteiger partial charge in [0.2, 0.25) is 0 Å². The van der Waals surface area contributed by atoms with Crippen molar-refractivity contribution in [1.82, 2.24) is 5.32 Å². The van der Waals surface area contributed by atoms with Crippen LogP contribution in [0.15, 0.2) is 54.6 Å². The quantitative estimate of drug-likeness (QED) is 0.139. The van der Waals surface area contributed by atoms with Crippen molar-refractivity contribution in [3.8, 4) is 23.0 Å². The number of rotatable bonds is 6. The molecule has 0 amide bonds. The van der Waals surface area contributed by atoms with Gasteiger partial charge < -0.3 is 36.1 Å². The topological polar surface area (TPSA) is 126 Å². The molecule has 2 aliphatic heterocycles. The van der Waals surface area contributed by atoms with Gasteiger partial charge in [-0.2, -0.15) is 0 Å². The normalized spacial score (nSPS) is 15.2. The highest BCUT2D eigenvalue weighted by Crippen LogP contribution is 2.57. The average Bonchev–Trinajstić information content (AvgIpc) is 3.11. The summed E-state index contributed by atoms with van der Waals surface area (Å²) in [7, 11) is 0. The molecule has 1 unspecified atom stereocenters. The molecule has 1 spiro atoms. The predicted octanol–water partition coefficient (Wildman–Crippen LogP) is 4.82. The van der Waals surface area contributed by atoms with Crippen molar-refractivity contribution in [3.05, 3.63) is 76.9 Å². The highest BCUT2D eigenvalue weighted by Gasteiger charge is 2.53. The van der Waals surface area contributed by atoms with Gasteiger partial charge in [0.25, 0.3) is 0 Å². The van der Waals surface area contributed by atoms with Gasteiger partial charge in [-0.1, -0.05) is 32.3 Å². The van der Waals surface area contributed by atoms with Crippen LogP contribution in [0.25, 0.3) is 0 Å². The lowest BCUT2D eigenvalue weighted by atomic mass is 9.77. The fourth-order valence-corrected chi connectivity index (χ4v) is 5.07. The molecular formula is C27H27N3O5S. The van der Waals surface area contributed by atoms with Crippen LogP contribution in [0.4, 0.5) is 5.69 Å². The number of thiocarbonyl (C=S) groups is 1.